The van der Waals surface area contributed by atoms with E-state index in [0.717, 1.165) is 16.8 Å². The molecular weight excluding hydrogens is 216 g/mol. The molecule has 0 aliphatic rings. The third-order valence-corrected chi connectivity index (χ3v) is 2.95. The second kappa shape index (κ2) is 4.05. The zero-order valence-corrected chi connectivity index (χ0v) is 10.1. The highest BCUT2D eigenvalue weighted by atomic mass is 16.4. The fraction of sp³-hybridized carbons (Fsp3) is 0.231. The summed E-state index contributed by atoms with van der Waals surface area (Å²) in [6.07, 6.45) is 0. The first kappa shape index (κ1) is 11.4. The van der Waals surface area contributed by atoms with E-state index in [4.69, 9.17) is 0 Å². The van der Waals surface area contributed by atoms with Gasteiger partial charge in [-0.3, -0.25) is 4.68 Å². The third kappa shape index (κ3) is 1.82. The second-order valence-electron chi connectivity index (χ2n) is 4.05. The highest BCUT2D eigenvalue weighted by Crippen LogP contribution is 2.29. The molecule has 2 aromatic rings. The van der Waals surface area contributed by atoms with Gasteiger partial charge in [0.15, 0.2) is 5.69 Å². The van der Waals surface area contributed by atoms with Gasteiger partial charge in [-0.05, 0) is 25.0 Å². The van der Waals surface area contributed by atoms with E-state index in [1.165, 1.54) is 0 Å². The van der Waals surface area contributed by atoms with Crippen LogP contribution in [0.5, 0.6) is 0 Å². The lowest BCUT2D eigenvalue weighted by Gasteiger charge is -2.05. The molecule has 1 N–H and O–H groups in total. The van der Waals surface area contributed by atoms with Gasteiger partial charge in [-0.2, -0.15) is 5.10 Å². The Hall–Kier alpha value is -2.10. The minimum absolute atomic E-state index is 0.110. The Morgan fingerprint density at radius 3 is 2.53 bits per heavy atom. The Kier molecular flexibility index (Phi) is 2.71. The predicted molar refractivity (Wildman–Crippen MR) is 65.1 cm³/mol. The van der Waals surface area contributed by atoms with Crippen LogP contribution in [0.4, 0.5) is 0 Å². The molecule has 0 bridgehead atoms. The van der Waals surface area contributed by atoms with Crippen LogP contribution in [0, 0.1) is 13.8 Å². The average molecular weight is 230 g/mol. The first-order valence-electron chi connectivity index (χ1n) is 5.35. The van der Waals surface area contributed by atoms with Gasteiger partial charge in [-0.15, -0.1) is 0 Å². The maximum Gasteiger partial charge on any atom is 0.357 e. The van der Waals surface area contributed by atoms with Crippen LogP contribution in [0.15, 0.2) is 24.3 Å². The Morgan fingerprint density at radius 2 is 1.94 bits per heavy atom. The molecule has 0 saturated heterocycles. The van der Waals surface area contributed by atoms with E-state index >= 15 is 0 Å². The summed E-state index contributed by atoms with van der Waals surface area (Å²) in [5.41, 5.74) is 3.65. The summed E-state index contributed by atoms with van der Waals surface area (Å²) in [5.74, 6) is -0.994. The third-order valence-electron chi connectivity index (χ3n) is 2.95. The lowest BCUT2D eigenvalue weighted by molar-refractivity contribution is 0.0690. The van der Waals surface area contributed by atoms with Gasteiger partial charge in [0, 0.05) is 18.3 Å². The highest BCUT2D eigenvalue weighted by molar-refractivity contribution is 5.95. The number of rotatable bonds is 2. The Morgan fingerprint density at radius 1 is 1.29 bits per heavy atom. The van der Waals surface area contributed by atoms with Crippen molar-refractivity contribution in [2.45, 2.75) is 13.8 Å². The molecule has 1 heterocycles. The lowest BCUT2D eigenvalue weighted by atomic mass is 9.99. The lowest BCUT2D eigenvalue weighted by Crippen LogP contribution is -2.00. The Labute approximate surface area is 99.5 Å². The van der Waals surface area contributed by atoms with Gasteiger partial charge in [-0.1, -0.05) is 24.3 Å². The van der Waals surface area contributed by atoms with Gasteiger partial charge in [-0.25, -0.2) is 4.79 Å². The molecule has 0 saturated carbocycles. The van der Waals surface area contributed by atoms with Gasteiger partial charge in [0.05, 0.1) is 0 Å². The van der Waals surface area contributed by atoms with Gasteiger partial charge in [0.25, 0.3) is 0 Å². The van der Waals surface area contributed by atoms with Crippen LogP contribution in [0.1, 0.15) is 21.7 Å². The predicted octanol–water partition coefficient (Wildman–Crippen LogP) is 2.40. The summed E-state index contributed by atoms with van der Waals surface area (Å²) in [7, 11) is 1.75. The molecule has 0 spiro atoms. The summed E-state index contributed by atoms with van der Waals surface area (Å²) in [5, 5.41) is 13.2. The smallest absolute Gasteiger partial charge is 0.357 e. The molecule has 1 aromatic heterocycles. The average Bonchev–Trinajstić information content (AvgIpc) is 2.57. The largest absolute Gasteiger partial charge is 0.476 e. The molecule has 0 fully saturated rings. The Bertz CT molecular complexity index is 585. The number of aromatic carboxylic acids is 1. The summed E-state index contributed by atoms with van der Waals surface area (Å²) in [6, 6.07) is 7.73. The molecule has 0 aliphatic carbocycles. The number of benzene rings is 1. The quantitative estimate of drug-likeness (QED) is 0.861. The van der Waals surface area contributed by atoms with Crippen LogP contribution in [0.3, 0.4) is 0 Å². The Balaban J connectivity index is 2.75. The minimum atomic E-state index is -0.994. The molecule has 0 radical (unpaired) electrons. The van der Waals surface area contributed by atoms with E-state index in [-0.39, 0.29) is 5.69 Å². The fourth-order valence-corrected chi connectivity index (χ4v) is 1.93. The van der Waals surface area contributed by atoms with Crippen molar-refractivity contribution in [1.29, 1.82) is 0 Å². The zero-order valence-electron chi connectivity index (χ0n) is 10.1. The molecule has 4 heteroatoms. The van der Waals surface area contributed by atoms with Crippen LogP contribution in [0.2, 0.25) is 0 Å². The molecule has 17 heavy (non-hydrogen) atoms. The number of aromatic nitrogens is 2. The van der Waals surface area contributed by atoms with E-state index in [1.807, 2.05) is 38.1 Å². The van der Waals surface area contributed by atoms with E-state index in [0.29, 0.717) is 5.56 Å². The van der Waals surface area contributed by atoms with Crippen LogP contribution in [0.25, 0.3) is 11.1 Å². The summed E-state index contributed by atoms with van der Waals surface area (Å²) in [6.45, 7) is 3.84. The minimum Gasteiger partial charge on any atom is -0.476 e. The number of aryl methyl sites for hydroxylation is 2. The molecular formula is C13H14N2O2. The SMILES string of the molecule is Cc1ccccc1-c1c(C(=O)O)nn(C)c1C. The highest BCUT2D eigenvalue weighted by Gasteiger charge is 2.20. The molecule has 0 atom stereocenters. The van der Waals surface area contributed by atoms with Gasteiger partial charge < -0.3 is 5.11 Å². The maximum atomic E-state index is 11.2. The number of carbonyl (C=O) groups is 1. The summed E-state index contributed by atoms with van der Waals surface area (Å²) < 4.78 is 1.60. The van der Waals surface area contributed by atoms with Crippen molar-refractivity contribution < 1.29 is 9.90 Å². The fourth-order valence-electron chi connectivity index (χ4n) is 1.93. The van der Waals surface area contributed by atoms with E-state index in [2.05, 4.69) is 5.10 Å². The van der Waals surface area contributed by atoms with Crippen LogP contribution >= 0.6 is 0 Å². The van der Waals surface area contributed by atoms with Crippen molar-refractivity contribution >= 4 is 5.97 Å². The molecule has 0 unspecified atom stereocenters. The van der Waals surface area contributed by atoms with Crippen molar-refractivity contribution in [3.05, 3.63) is 41.2 Å². The van der Waals surface area contributed by atoms with E-state index in [9.17, 15) is 9.90 Å². The van der Waals surface area contributed by atoms with Crippen LogP contribution < -0.4 is 0 Å². The van der Waals surface area contributed by atoms with Crippen LogP contribution in [-0.2, 0) is 7.05 Å². The molecule has 0 aliphatic heterocycles. The van der Waals surface area contributed by atoms with Gasteiger partial charge in [0.1, 0.15) is 0 Å². The maximum absolute atomic E-state index is 11.2. The molecule has 2 rings (SSSR count). The number of carboxylic acids is 1. The van der Waals surface area contributed by atoms with Gasteiger partial charge in [0.2, 0.25) is 0 Å². The zero-order chi connectivity index (χ0) is 12.6. The van der Waals surface area contributed by atoms with Gasteiger partial charge >= 0.3 is 5.97 Å². The number of hydrogen-bond acceptors (Lipinski definition) is 2. The number of carboxylic acid groups (broad SMARTS) is 1. The normalized spacial score (nSPS) is 10.5. The topological polar surface area (TPSA) is 55.1 Å². The van der Waals surface area contributed by atoms with Crippen LogP contribution in [-0.4, -0.2) is 20.9 Å². The summed E-state index contributed by atoms with van der Waals surface area (Å²) in [4.78, 5) is 11.2. The molecule has 88 valence electrons. The van der Waals surface area contributed by atoms with E-state index in [1.54, 1.807) is 11.7 Å². The van der Waals surface area contributed by atoms with Crippen molar-refractivity contribution in [2.24, 2.45) is 7.05 Å². The number of hydrogen-bond donors (Lipinski definition) is 1. The van der Waals surface area contributed by atoms with Crippen molar-refractivity contribution in [1.82, 2.24) is 9.78 Å². The standard InChI is InChI=1S/C13H14N2O2/c1-8-6-4-5-7-10(8)11-9(2)15(3)14-12(11)13(16)17/h4-7H,1-3H3,(H,16,17). The van der Waals surface area contributed by atoms with Crippen molar-refractivity contribution in [2.75, 3.05) is 0 Å². The van der Waals surface area contributed by atoms with E-state index < -0.39 is 5.97 Å². The molecule has 4 nitrogen and oxygen atoms in total. The summed E-state index contributed by atoms with van der Waals surface area (Å²) >= 11 is 0. The monoisotopic (exact) mass is 230 g/mol. The second-order valence-corrected chi connectivity index (χ2v) is 4.05. The van der Waals surface area contributed by atoms with Crippen molar-refractivity contribution in [3.63, 3.8) is 0 Å². The molecule has 0 amide bonds. The number of nitrogens with zero attached hydrogens (tertiary/aromatic N) is 2. The van der Waals surface area contributed by atoms with Crippen molar-refractivity contribution in [3.8, 4) is 11.1 Å². The molecule has 1 aromatic carbocycles. The first-order chi connectivity index (χ1) is 8.02. The first-order valence-corrected chi connectivity index (χ1v) is 5.35.